The molecule has 0 spiro atoms. The topological polar surface area (TPSA) is 75.3 Å². The number of piperazine rings is 1. The van der Waals surface area contributed by atoms with Crippen LogP contribution in [0.15, 0.2) is 6.07 Å². The number of hydrogen-bond donors (Lipinski definition) is 1. The van der Waals surface area contributed by atoms with Crippen molar-refractivity contribution in [3.8, 4) is 0 Å². The standard InChI is InChI=1S/C19H31N5O/c1-13(2)19-21-14(3)11-17(22-19)23-7-9-24(10-8-23)18(25)12-15-5-4-6-16(15)20/h11,13,15-16H,4-10,12,20H2,1-3H3/t15-,16+/m0/s1. The van der Waals surface area contributed by atoms with Gasteiger partial charge in [0, 0.05) is 56.3 Å². The van der Waals surface area contributed by atoms with Crippen LogP contribution in [0.2, 0.25) is 0 Å². The van der Waals surface area contributed by atoms with Crippen LogP contribution in [0.1, 0.15) is 57.0 Å². The molecule has 1 saturated heterocycles. The molecule has 1 aliphatic heterocycles. The molecule has 1 aromatic rings. The number of nitrogens with two attached hydrogens (primary N) is 1. The molecule has 2 fully saturated rings. The number of aryl methyl sites for hydroxylation is 1. The van der Waals surface area contributed by atoms with Gasteiger partial charge in [-0.15, -0.1) is 0 Å². The van der Waals surface area contributed by atoms with E-state index < -0.39 is 0 Å². The summed E-state index contributed by atoms with van der Waals surface area (Å²) in [4.78, 5) is 26.1. The monoisotopic (exact) mass is 345 g/mol. The zero-order valence-corrected chi connectivity index (χ0v) is 15.7. The third-order valence-electron chi connectivity index (χ3n) is 5.49. The highest BCUT2D eigenvalue weighted by Gasteiger charge is 2.29. The number of aromatic nitrogens is 2. The third-order valence-corrected chi connectivity index (χ3v) is 5.49. The summed E-state index contributed by atoms with van der Waals surface area (Å²) in [5.74, 6) is 2.84. The summed E-state index contributed by atoms with van der Waals surface area (Å²) < 4.78 is 0. The van der Waals surface area contributed by atoms with Gasteiger partial charge >= 0.3 is 0 Å². The second kappa shape index (κ2) is 7.68. The van der Waals surface area contributed by atoms with Crippen LogP contribution in [-0.4, -0.2) is 53.0 Å². The number of anilines is 1. The first kappa shape index (κ1) is 18.1. The largest absolute Gasteiger partial charge is 0.353 e. The summed E-state index contributed by atoms with van der Waals surface area (Å²) in [6, 6.07) is 2.25. The first-order valence-corrected chi connectivity index (χ1v) is 9.58. The molecular formula is C19H31N5O. The molecule has 138 valence electrons. The number of nitrogens with zero attached hydrogens (tertiary/aromatic N) is 4. The van der Waals surface area contributed by atoms with E-state index >= 15 is 0 Å². The summed E-state index contributed by atoms with van der Waals surface area (Å²) in [6.07, 6.45) is 3.95. The molecule has 2 aliphatic rings. The van der Waals surface area contributed by atoms with Gasteiger partial charge in [-0.2, -0.15) is 0 Å². The molecule has 25 heavy (non-hydrogen) atoms. The highest BCUT2D eigenvalue weighted by molar-refractivity contribution is 5.77. The fraction of sp³-hybridized carbons (Fsp3) is 0.737. The van der Waals surface area contributed by atoms with E-state index in [0.717, 1.165) is 62.8 Å². The summed E-state index contributed by atoms with van der Waals surface area (Å²) in [7, 11) is 0. The molecule has 2 atom stereocenters. The smallest absolute Gasteiger partial charge is 0.223 e. The van der Waals surface area contributed by atoms with Crippen LogP contribution >= 0.6 is 0 Å². The number of carbonyl (C=O) groups is 1. The Hall–Kier alpha value is -1.69. The molecule has 0 aromatic carbocycles. The van der Waals surface area contributed by atoms with Crippen molar-refractivity contribution in [2.45, 2.75) is 58.4 Å². The van der Waals surface area contributed by atoms with Gasteiger partial charge in [-0.05, 0) is 25.7 Å². The van der Waals surface area contributed by atoms with Gasteiger partial charge < -0.3 is 15.5 Å². The summed E-state index contributed by atoms with van der Waals surface area (Å²) in [5, 5.41) is 0. The van der Waals surface area contributed by atoms with Crippen molar-refractivity contribution in [1.82, 2.24) is 14.9 Å². The fourth-order valence-electron chi connectivity index (χ4n) is 3.85. The molecule has 2 heterocycles. The van der Waals surface area contributed by atoms with E-state index in [9.17, 15) is 4.79 Å². The Morgan fingerprint density at radius 1 is 1.24 bits per heavy atom. The van der Waals surface area contributed by atoms with Gasteiger partial charge in [0.2, 0.25) is 5.91 Å². The number of carbonyl (C=O) groups excluding carboxylic acids is 1. The Morgan fingerprint density at radius 3 is 2.56 bits per heavy atom. The van der Waals surface area contributed by atoms with E-state index in [-0.39, 0.29) is 11.9 Å². The molecule has 0 unspecified atom stereocenters. The minimum Gasteiger partial charge on any atom is -0.353 e. The third kappa shape index (κ3) is 4.29. The van der Waals surface area contributed by atoms with Gasteiger partial charge in [0.1, 0.15) is 11.6 Å². The molecule has 1 saturated carbocycles. The maximum absolute atomic E-state index is 12.6. The lowest BCUT2D eigenvalue weighted by Crippen LogP contribution is -2.49. The van der Waals surface area contributed by atoms with E-state index in [2.05, 4.69) is 23.7 Å². The van der Waals surface area contributed by atoms with Crippen molar-refractivity contribution in [1.29, 1.82) is 0 Å². The van der Waals surface area contributed by atoms with E-state index in [0.29, 0.717) is 18.3 Å². The molecule has 6 nitrogen and oxygen atoms in total. The maximum atomic E-state index is 12.6. The van der Waals surface area contributed by atoms with Crippen molar-refractivity contribution < 1.29 is 4.79 Å². The quantitative estimate of drug-likeness (QED) is 0.904. The zero-order chi connectivity index (χ0) is 18.0. The zero-order valence-electron chi connectivity index (χ0n) is 15.7. The Bertz CT molecular complexity index is 610. The predicted molar refractivity (Wildman–Crippen MR) is 99.6 cm³/mol. The molecule has 1 aromatic heterocycles. The fourth-order valence-corrected chi connectivity index (χ4v) is 3.85. The highest BCUT2D eigenvalue weighted by atomic mass is 16.2. The molecule has 3 rings (SSSR count). The molecule has 1 aliphatic carbocycles. The minimum absolute atomic E-state index is 0.212. The van der Waals surface area contributed by atoms with Crippen LogP contribution < -0.4 is 10.6 Å². The number of amides is 1. The minimum atomic E-state index is 0.212. The Morgan fingerprint density at radius 2 is 1.96 bits per heavy atom. The Kier molecular flexibility index (Phi) is 5.57. The number of rotatable bonds is 4. The van der Waals surface area contributed by atoms with Crippen LogP contribution in [0.3, 0.4) is 0 Å². The van der Waals surface area contributed by atoms with Gasteiger partial charge in [0.25, 0.3) is 0 Å². The SMILES string of the molecule is Cc1cc(N2CCN(C(=O)C[C@@H]3CCC[C@H]3N)CC2)nc(C(C)C)n1. The Labute approximate surface area is 150 Å². The van der Waals surface area contributed by atoms with Gasteiger partial charge in [-0.3, -0.25) is 4.79 Å². The molecule has 0 bridgehead atoms. The molecular weight excluding hydrogens is 314 g/mol. The lowest BCUT2D eigenvalue weighted by molar-refractivity contribution is -0.132. The van der Waals surface area contributed by atoms with Crippen LogP contribution in [0, 0.1) is 12.8 Å². The first-order chi connectivity index (χ1) is 11.9. The van der Waals surface area contributed by atoms with E-state index in [1.807, 2.05) is 17.9 Å². The van der Waals surface area contributed by atoms with E-state index in [1.165, 1.54) is 0 Å². The van der Waals surface area contributed by atoms with Gasteiger partial charge in [-0.25, -0.2) is 9.97 Å². The second-order valence-electron chi connectivity index (χ2n) is 7.81. The summed E-state index contributed by atoms with van der Waals surface area (Å²) in [5.41, 5.74) is 7.12. The predicted octanol–water partition coefficient (Wildman–Crippen LogP) is 2.07. The van der Waals surface area contributed by atoms with Crippen molar-refractivity contribution in [3.63, 3.8) is 0 Å². The average molecular weight is 345 g/mol. The average Bonchev–Trinajstić information content (AvgIpc) is 2.99. The maximum Gasteiger partial charge on any atom is 0.223 e. The first-order valence-electron chi connectivity index (χ1n) is 9.58. The van der Waals surface area contributed by atoms with Gasteiger partial charge in [0.05, 0.1) is 0 Å². The highest BCUT2D eigenvalue weighted by Crippen LogP contribution is 2.27. The molecule has 2 N–H and O–H groups in total. The Balaban J connectivity index is 1.57. The van der Waals surface area contributed by atoms with E-state index in [1.54, 1.807) is 0 Å². The molecule has 1 amide bonds. The lowest BCUT2D eigenvalue weighted by Gasteiger charge is -2.36. The van der Waals surface area contributed by atoms with Crippen LogP contribution in [0.25, 0.3) is 0 Å². The number of hydrogen-bond acceptors (Lipinski definition) is 5. The van der Waals surface area contributed by atoms with Crippen molar-refractivity contribution in [3.05, 3.63) is 17.6 Å². The summed E-state index contributed by atoms with van der Waals surface area (Å²) >= 11 is 0. The van der Waals surface area contributed by atoms with Crippen LogP contribution in [-0.2, 0) is 4.79 Å². The van der Waals surface area contributed by atoms with Crippen molar-refractivity contribution in [2.75, 3.05) is 31.1 Å². The van der Waals surface area contributed by atoms with E-state index in [4.69, 9.17) is 10.7 Å². The molecule has 0 radical (unpaired) electrons. The summed E-state index contributed by atoms with van der Waals surface area (Å²) in [6.45, 7) is 9.43. The van der Waals surface area contributed by atoms with Crippen molar-refractivity contribution in [2.24, 2.45) is 11.7 Å². The normalized spacial score (nSPS) is 24.2. The lowest BCUT2D eigenvalue weighted by atomic mass is 9.99. The van der Waals surface area contributed by atoms with Gasteiger partial charge in [0.15, 0.2) is 0 Å². The van der Waals surface area contributed by atoms with Gasteiger partial charge in [-0.1, -0.05) is 20.3 Å². The van der Waals surface area contributed by atoms with Crippen molar-refractivity contribution >= 4 is 11.7 Å². The van der Waals surface area contributed by atoms with Crippen LogP contribution in [0.5, 0.6) is 0 Å². The van der Waals surface area contributed by atoms with Crippen LogP contribution in [0.4, 0.5) is 5.82 Å². The molecule has 6 heteroatoms. The second-order valence-corrected chi connectivity index (χ2v) is 7.81.